The quantitative estimate of drug-likeness (QED) is 0.681. The van der Waals surface area contributed by atoms with Gasteiger partial charge in [-0.05, 0) is 37.8 Å². The first kappa shape index (κ1) is 15.4. The minimum atomic E-state index is -0.413. The SMILES string of the molecule is NCCC1CCCN(c2cc(Cl)c(Cl)cc2[N+](=O)[O-])C1. The smallest absolute Gasteiger partial charge is 0.294 e. The molecule has 1 heterocycles. The van der Waals surface area contributed by atoms with Crippen LogP contribution >= 0.6 is 23.2 Å². The molecule has 110 valence electrons. The summed E-state index contributed by atoms with van der Waals surface area (Å²) in [6.45, 7) is 2.21. The van der Waals surface area contributed by atoms with E-state index in [2.05, 4.69) is 0 Å². The molecule has 2 N–H and O–H groups in total. The number of halogens is 2. The Labute approximate surface area is 127 Å². The van der Waals surface area contributed by atoms with Gasteiger partial charge in [-0.2, -0.15) is 0 Å². The zero-order chi connectivity index (χ0) is 14.7. The van der Waals surface area contributed by atoms with Gasteiger partial charge in [0.25, 0.3) is 5.69 Å². The van der Waals surface area contributed by atoms with E-state index < -0.39 is 4.92 Å². The lowest BCUT2D eigenvalue weighted by Crippen LogP contribution is -2.36. The first-order chi connectivity index (χ1) is 9.52. The van der Waals surface area contributed by atoms with E-state index in [1.54, 1.807) is 6.07 Å². The molecule has 0 bridgehead atoms. The van der Waals surface area contributed by atoms with Gasteiger partial charge in [0.15, 0.2) is 0 Å². The highest BCUT2D eigenvalue weighted by Gasteiger charge is 2.26. The fourth-order valence-electron chi connectivity index (χ4n) is 2.68. The topological polar surface area (TPSA) is 72.4 Å². The molecule has 0 spiro atoms. The monoisotopic (exact) mass is 317 g/mol. The maximum atomic E-state index is 11.2. The van der Waals surface area contributed by atoms with Gasteiger partial charge in [-0.25, -0.2) is 0 Å². The van der Waals surface area contributed by atoms with Crippen molar-refractivity contribution in [3.05, 3.63) is 32.3 Å². The van der Waals surface area contributed by atoms with Crippen molar-refractivity contribution in [1.29, 1.82) is 0 Å². The molecule has 2 rings (SSSR count). The summed E-state index contributed by atoms with van der Waals surface area (Å²) in [6.07, 6.45) is 3.05. The van der Waals surface area contributed by atoms with Crippen LogP contribution < -0.4 is 10.6 Å². The third-order valence-corrected chi connectivity index (χ3v) is 4.37. The van der Waals surface area contributed by atoms with Gasteiger partial charge in [-0.1, -0.05) is 23.2 Å². The molecular weight excluding hydrogens is 301 g/mol. The van der Waals surface area contributed by atoms with E-state index in [4.69, 9.17) is 28.9 Å². The number of nitrogens with zero attached hydrogens (tertiary/aromatic N) is 2. The highest BCUT2D eigenvalue weighted by Crippen LogP contribution is 2.38. The molecule has 5 nitrogen and oxygen atoms in total. The molecule has 0 saturated carbocycles. The molecule has 20 heavy (non-hydrogen) atoms. The van der Waals surface area contributed by atoms with Crippen molar-refractivity contribution in [2.45, 2.75) is 19.3 Å². The zero-order valence-corrected chi connectivity index (χ0v) is 12.5. The van der Waals surface area contributed by atoms with Crippen molar-refractivity contribution in [2.75, 3.05) is 24.5 Å². The minimum Gasteiger partial charge on any atom is -0.366 e. The first-order valence-corrected chi connectivity index (χ1v) is 7.37. The van der Waals surface area contributed by atoms with Gasteiger partial charge >= 0.3 is 0 Å². The third kappa shape index (κ3) is 3.34. The molecule has 0 aliphatic carbocycles. The Morgan fingerprint density at radius 1 is 1.40 bits per heavy atom. The molecule has 1 fully saturated rings. The van der Waals surface area contributed by atoms with Gasteiger partial charge in [0.2, 0.25) is 0 Å². The Balaban J connectivity index is 2.31. The van der Waals surface area contributed by atoms with Gasteiger partial charge in [-0.3, -0.25) is 10.1 Å². The second-order valence-electron chi connectivity index (χ2n) is 5.04. The van der Waals surface area contributed by atoms with Crippen molar-refractivity contribution in [3.63, 3.8) is 0 Å². The Hall–Kier alpha value is -1.04. The highest BCUT2D eigenvalue weighted by molar-refractivity contribution is 6.42. The number of piperidine rings is 1. The van der Waals surface area contributed by atoms with E-state index in [0.717, 1.165) is 32.4 Å². The summed E-state index contributed by atoms with van der Waals surface area (Å²) in [4.78, 5) is 12.8. The van der Waals surface area contributed by atoms with E-state index >= 15 is 0 Å². The van der Waals surface area contributed by atoms with Gasteiger partial charge in [0.05, 0.1) is 15.0 Å². The van der Waals surface area contributed by atoms with Crippen LogP contribution in [0.2, 0.25) is 10.0 Å². The molecule has 7 heteroatoms. The largest absolute Gasteiger partial charge is 0.366 e. The molecule has 0 radical (unpaired) electrons. The van der Waals surface area contributed by atoms with Crippen molar-refractivity contribution in [2.24, 2.45) is 11.7 Å². The maximum Gasteiger partial charge on any atom is 0.294 e. The zero-order valence-electron chi connectivity index (χ0n) is 11.0. The maximum absolute atomic E-state index is 11.2. The summed E-state index contributed by atoms with van der Waals surface area (Å²) < 4.78 is 0. The standard InChI is InChI=1S/C13H17Cl2N3O2/c14-10-6-12(13(18(19)20)7-11(10)15)17-5-1-2-9(8-17)3-4-16/h6-7,9H,1-5,8,16H2. The number of anilines is 1. The van der Waals surface area contributed by atoms with E-state index in [1.807, 2.05) is 4.90 Å². The molecule has 1 aliphatic rings. The average Bonchev–Trinajstić information content (AvgIpc) is 2.42. The number of nitro benzene ring substituents is 1. The fraction of sp³-hybridized carbons (Fsp3) is 0.538. The van der Waals surface area contributed by atoms with E-state index in [9.17, 15) is 10.1 Å². The van der Waals surface area contributed by atoms with Crippen LogP contribution in [0.1, 0.15) is 19.3 Å². The van der Waals surface area contributed by atoms with Crippen LogP contribution in [0.15, 0.2) is 12.1 Å². The van der Waals surface area contributed by atoms with E-state index in [0.29, 0.717) is 23.2 Å². The Bertz CT molecular complexity index is 509. The van der Waals surface area contributed by atoms with Crippen LogP contribution in [-0.4, -0.2) is 24.6 Å². The summed E-state index contributed by atoms with van der Waals surface area (Å²) in [5, 5.41) is 11.7. The Kier molecular flexibility index (Phi) is 5.07. The van der Waals surface area contributed by atoms with Crippen LogP contribution in [0.4, 0.5) is 11.4 Å². The average molecular weight is 318 g/mol. The van der Waals surface area contributed by atoms with Gasteiger partial charge < -0.3 is 10.6 Å². The highest BCUT2D eigenvalue weighted by atomic mass is 35.5. The Morgan fingerprint density at radius 3 is 2.75 bits per heavy atom. The second kappa shape index (κ2) is 6.61. The molecule has 0 amide bonds. The molecule has 1 unspecified atom stereocenters. The van der Waals surface area contributed by atoms with Gasteiger partial charge in [-0.15, -0.1) is 0 Å². The lowest BCUT2D eigenvalue weighted by molar-refractivity contribution is -0.384. The summed E-state index contributed by atoms with van der Waals surface area (Å²) >= 11 is 11.9. The molecule has 1 aromatic carbocycles. The van der Waals surface area contributed by atoms with Gasteiger partial charge in [0.1, 0.15) is 5.69 Å². The number of hydrogen-bond donors (Lipinski definition) is 1. The fourth-order valence-corrected chi connectivity index (χ4v) is 3.00. The van der Waals surface area contributed by atoms with Crippen LogP contribution in [0, 0.1) is 16.0 Å². The number of benzene rings is 1. The minimum absolute atomic E-state index is 0.00722. The third-order valence-electron chi connectivity index (χ3n) is 3.65. The predicted octanol–water partition coefficient (Wildman–Crippen LogP) is 3.47. The van der Waals surface area contributed by atoms with E-state index in [-0.39, 0.29) is 10.7 Å². The summed E-state index contributed by atoms with van der Waals surface area (Å²) in [5.41, 5.74) is 6.15. The molecule has 0 aromatic heterocycles. The number of nitrogens with two attached hydrogens (primary N) is 1. The summed E-state index contributed by atoms with van der Waals surface area (Å²) in [5.74, 6) is 0.475. The van der Waals surface area contributed by atoms with Crippen LogP contribution in [0.3, 0.4) is 0 Å². The predicted molar refractivity (Wildman–Crippen MR) is 81.7 cm³/mol. The number of nitro groups is 1. The van der Waals surface area contributed by atoms with Crippen LogP contribution in [0.25, 0.3) is 0 Å². The van der Waals surface area contributed by atoms with Crippen molar-refractivity contribution < 1.29 is 4.92 Å². The molecule has 1 aliphatic heterocycles. The lowest BCUT2D eigenvalue weighted by atomic mass is 9.94. The molecule has 1 atom stereocenters. The Morgan fingerprint density at radius 2 is 2.10 bits per heavy atom. The second-order valence-corrected chi connectivity index (χ2v) is 5.86. The normalized spacial score (nSPS) is 19.1. The van der Waals surface area contributed by atoms with E-state index in [1.165, 1.54) is 6.07 Å². The molecular formula is C13H17Cl2N3O2. The summed E-state index contributed by atoms with van der Waals surface area (Å²) in [6, 6.07) is 2.92. The van der Waals surface area contributed by atoms with Gasteiger partial charge in [0, 0.05) is 19.2 Å². The van der Waals surface area contributed by atoms with Crippen molar-refractivity contribution in [3.8, 4) is 0 Å². The number of rotatable bonds is 4. The molecule has 1 saturated heterocycles. The number of hydrogen-bond acceptors (Lipinski definition) is 4. The van der Waals surface area contributed by atoms with Crippen molar-refractivity contribution in [1.82, 2.24) is 0 Å². The van der Waals surface area contributed by atoms with Crippen LogP contribution in [0.5, 0.6) is 0 Å². The molecule has 1 aromatic rings. The summed E-state index contributed by atoms with van der Waals surface area (Å²) in [7, 11) is 0. The first-order valence-electron chi connectivity index (χ1n) is 6.61. The van der Waals surface area contributed by atoms with Crippen molar-refractivity contribution >= 4 is 34.6 Å². The lowest BCUT2D eigenvalue weighted by Gasteiger charge is -2.34. The van der Waals surface area contributed by atoms with Crippen LogP contribution in [-0.2, 0) is 0 Å².